The first-order valence-electron chi connectivity index (χ1n) is 13.1. The molecule has 0 aliphatic carbocycles. The van der Waals surface area contributed by atoms with E-state index in [4.69, 9.17) is 26.6 Å². The third-order valence-corrected chi connectivity index (χ3v) is 7.28. The van der Waals surface area contributed by atoms with Crippen LogP contribution in [-0.4, -0.2) is 41.3 Å². The fourth-order valence-electron chi connectivity index (χ4n) is 5.14. The number of furan rings is 1. The number of nitrogens with one attached hydrogen (secondary N) is 2. The van der Waals surface area contributed by atoms with E-state index in [-0.39, 0.29) is 0 Å². The average molecular weight is 505 g/mol. The zero-order valence-electron chi connectivity index (χ0n) is 21.2. The Balaban J connectivity index is 1.28. The van der Waals surface area contributed by atoms with Gasteiger partial charge >= 0.3 is 0 Å². The topological polar surface area (TPSA) is 69.5 Å². The van der Waals surface area contributed by atoms with Crippen LogP contribution in [0.4, 0.5) is 17.6 Å². The van der Waals surface area contributed by atoms with Crippen LogP contribution in [0.1, 0.15) is 45.3 Å². The predicted octanol–water partition coefficient (Wildman–Crippen LogP) is 5.70. The SMILES string of the molecule is C[C@@H]1CCCN(c2cc(N3CCC[C@@H](C)C3)nc(NC(=S)NCc3ccc(-c4ccccc4)o3)n2)C1. The van der Waals surface area contributed by atoms with Gasteiger partial charge in [0.25, 0.3) is 0 Å². The van der Waals surface area contributed by atoms with Crippen molar-refractivity contribution in [3.63, 3.8) is 0 Å². The average Bonchev–Trinajstić information content (AvgIpc) is 3.37. The van der Waals surface area contributed by atoms with Crippen molar-refractivity contribution in [1.29, 1.82) is 0 Å². The number of rotatable bonds is 6. The summed E-state index contributed by atoms with van der Waals surface area (Å²) in [7, 11) is 0. The van der Waals surface area contributed by atoms with Crippen LogP contribution in [0, 0.1) is 11.8 Å². The molecule has 0 saturated carbocycles. The molecule has 0 amide bonds. The first-order chi connectivity index (χ1) is 17.5. The standard InChI is InChI=1S/C28H36N6OS/c1-20-8-6-14-33(18-20)25-16-26(34-15-7-9-21(2)19-34)31-27(30-25)32-28(36)29-17-23-12-13-24(35-23)22-10-4-3-5-11-22/h3-5,10-13,16,20-21H,6-9,14-15,17-19H2,1-2H3,(H2,29,30,31,32,36)/t20-,21-/m1/s1. The van der Waals surface area contributed by atoms with Crippen molar-refractivity contribution in [3.05, 3.63) is 54.3 Å². The lowest BCUT2D eigenvalue weighted by Gasteiger charge is -2.35. The highest BCUT2D eigenvalue weighted by molar-refractivity contribution is 7.80. The minimum absolute atomic E-state index is 0.481. The summed E-state index contributed by atoms with van der Waals surface area (Å²) in [4.78, 5) is 14.5. The van der Waals surface area contributed by atoms with Crippen molar-refractivity contribution < 1.29 is 4.42 Å². The fourth-order valence-corrected chi connectivity index (χ4v) is 5.30. The predicted molar refractivity (Wildman–Crippen MR) is 150 cm³/mol. The number of thiocarbonyl (C=S) groups is 1. The number of hydrogen-bond acceptors (Lipinski definition) is 6. The van der Waals surface area contributed by atoms with Gasteiger partial charge in [-0.3, -0.25) is 0 Å². The Hall–Kier alpha value is -3.13. The highest BCUT2D eigenvalue weighted by atomic mass is 32.1. The number of anilines is 3. The van der Waals surface area contributed by atoms with Crippen LogP contribution in [-0.2, 0) is 6.54 Å². The lowest BCUT2D eigenvalue weighted by Crippen LogP contribution is -2.37. The Labute approximate surface area is 219 Å². The zero-order valence-corrected chi connectivity index (χ0v) is 22.1. The number of hydrogen-bond donors (Lipinski definition) is 2. The molecule has 3 aromatic rings. The molecule has 1 aromatic carbocycles. The van der Waals surface area contributed by atoms with Gasteiger partial charge < -0.3 is 24.9 Å². The molecule has 5 rings (SSSR count). The van der Waals surface area contributed by atoms with Crippen molar-refractivity contribution in [1.82, 2.24) is 15.3 Å². The van der Waals surface area contributed by atoms with E-state index in [2.05, 4.69) is 40.3 Å². The van der Waals surface area contributed by atoms with Gasteiger partial charge in [-0.25, -0.2) is 0 Å². The minimum atomic E-state index is 0.481. The monoisotopic (exact) mass is 504 g/mol. The molecule has 2 N–H and O–H groups in total. The van der Waals surface area contributed by atoms with Gasteiger partial charge in [-0.2, -0.15) is 9.97 Å². The first-order valence-corrected chi connectivity index (χ1v) is 13.5. The van der Waals surface area contributed by atoms with E-state index in [1.807, 2.05) is 42.5 Å². The van der Waals surface area contributed by atoms with Crippen molar-refractivity contribution in [3.8, 4) is 11.3 Å². The summed E-state index contributed by atoms with van der Waals surface area (Å²) >= 11 is 5.60. The Kier molecular flexibility index (Phi) is 7.70. The molecular weight excluding hydrogens is 468 g/mol. The summed E-state index contributed by atoms with van der Waals surface area (Å²) < 4.78 is 5.99. The summed E-state index contributed by atoms with van der Waals surface area (Å²) in [6.07, 6.45) is 4.93. The van der Waals surface area contributed by atoms with Gasteiger partial charge in [0.1, 0.15) is 23.2 Å². The molecule has 0 unspecified atom stereocenters. The molecule has 0 radical (unpaired) electrons. The summed E-state index contributed by atoms with van der Waals surface area (Å²) in [5, 5.41) is 6.96. The maximum absolute atomic E-state index is 5.99. The van der Waals surface area contributed by atoms with Crippen LogP contribution in [0.15, 0.2) is 52.9 Å². The third kappa shape index (κ3) is 6.16. The van der Waals surface area contributed by atoms with Gasteiger partial charge in [0.05, 0.1) is 6.54 Å². The number of benzene rings is 1. The molecule has 4 heterocycles. The second-order valence-electron chi connectivity index (χ2n) is 10.2. The van der Waals surface area contributed by atoms with E-state index in [1.54, 1.807) is 0 Å². The fraction of sp³-hybridized carbons (Fsp3) is 0.464. The van der Waals surface area contributed by atoms with Gasteiger partial charge in [0.2, 0.25) is 5.95 Å². The van der Waals surface area contributed by atoms with Crippen LogP contribution in [0.2, 0.25) is 0 Å². The van der Waals surface area contributed by atoms with Crippen molar-refractivity contribution in [2.75, 3.05) is 41.3 Å². The summed E-state index contributed by atoms with van der Waals surface area (Å²) in [5.41, 5.74) is 1.06. The van der Waals surface area contributed by atoms with Crippen LogP contribution in [0.3, 0.4) is 0 Å². The molecule has 7 nitrogen and oxygen atoms in total. The van der Waals surface area contributed by atoms with Crippen molar-refractivity contribution in [2.24, 2.45) is 11.8 Å². The van der Waals surface area contributed by atoms with Gasteiger partial charge in [0.15, 0.2) is 5.11 Å². The zero-order chi connectivity index (χ0) is 24.9. The molecule has 2 saturated heterocycles. The lowest BCUT2D eigenvalue weighted by molar-refractivity contribution is 0.441. The Bertz CT molecular complexity index is 1130. The van der Waals surface area contributed by atoms with E-state index in [9.17, 15) is 0 Å². The molecule has 2 aliphatic heterocycles. The third-order valence-electron chi connectivity index (χ3n) is 7.03. The maximum atomic E-state index is 5.99. The quantitative estimate of drug-likeness (QED) is 0.415. The number of aromatic nitrogens is 2. The van der Waals surface area contributed by atoms with Gasteiger partial charge in [-0.1, -0.05) is 44.2 Å². The molecule has 2 aliphatic rings. The van der Waals surface area contributed by atoms with Crippen molar-refractivity contribution >= 4 is 34.9 Å². The Morgan fingerprint density at radius 1 is 0.944 bits per heavy atom. The van der Waals surface area contributed by atoms with Crippen LogP contribution in [0.25, 0.3) is 11.3 Å². The van der Waals surface area contributed by atoms with Gasteiger partial charge in [-0.15, -0.1) is 0 Å². The normalized spacial score (nSPS) is 20.3. The molecule has 0 spiro atoms. The second-order valence-corrected chi connectivity index (χ2v) is 10.6. The number of piperidine rings is 2. The molecule has 2 aromatic heterocycles. The Morgan fingerprint density at radius 3 is 2.19 bits per heavy atom. The highest BCUT2D eigenvalue weighted by Gasteiger charge is 2.23. The molecule has 0 bridgehead atoms. The molecule has 8 heteroatoms. The molecule has 2 fully saturated rings. The molecule has 36 heavy (non-hydrogen) atoms. The van der Waals surface area contributed by atoms with Crippen LogP contribution >= 0.6 is 12.2 Å². The lowest BCUT2D eigenvalue weighted by atomic mass is 10.00. The second kappa shape index (κ2) is 11.3. The molecule has 190 valence electrons. The van der Waals surface area contributed by atoms with Gasteiger partial charge in [0, 0.05) is 37.8 Å². The summed E-state index contributed by atoms with van der Waals surface area (Å²) in [6.45, 7) is 9.23. The van der Waals surface area contributed by atoms with E-state index < -0.39 is 0 Å². The largest absolute Gasteiger partial charge is 0.459 e. The first kappa shape index (κ1) is 24.6. The van der Waals surface area contributed by atoms with E-state index >= 15 is 0 Å². The van der Waals surface area contributed by atoms with Crippen molar-refractivity contribution in [2.45, 2.75) is 46.1 Å². The molecule has 2 atom stereocenters. The number of nitrogens with zero attached hydrogens (tertiary/aromatic N) is 4. The minimum Gasteiger partial charge on any atom is -0.459 e. The smallest absolute Gasteiger partial charge is 0.232 e. The van der Waals surface area contributed by atoms with Crippen LogP contribution in [0.5, 0.6) is 0 Å². The summed E-state index contributed by atoms with van der Waals surface area (Å²) in [6, 6.07) is 16.2. The Morgan fingerprint density at radius 2 is 1.58 bits per heavy atom. The van der Waals surface area contributed by atoms with Crippen LogP contribution < -0.4 is 20.4 Å². The van der Waals surface area contributed by atoms with E-state index in [1.165, 1.54) is 25.7 Å². The summed E-state index contributed by atoms with van der Waals surface area (Å²) in [5.74, 6) is 5.50. The molecular formula is C28H36N6OS. The maximum Gasteiger partial charge on any atom is 0.232 e. The van der Waals surface area contributed by atoms with E-state index in [0.29, 0.717) is 29.4 Å². The van der Waals surface area contributed by atoms with E-state index in [0.717, 1.165) is 54.9 Å². The van der Waals surface area contributed by atoms with Gasteiger partial charge in [-0.05, 0) is 61.9 Å². The highest BCUT2D eigenvalue weighted by Crippen LogP contribution is 2.28.